The van der Waals surface area contributed by atoms with Gasteiger partial charge in [-0.1, -0.05) is 38.3 Å². The number of hydrogen-bond acceptors (Lipinski definition) is 1. The number of nitrogens with two attached hydrogens (primary N) is 1. The predicted molar refractivity (Wildman–Crippen MR) is 54.0 cm³/mol. The van der Waals surface area contributed by atoms with Gasteiger partial charge < -0.3 is 5.73 Å². The summed E-state index contributed by atoms with van der Waals surface area (Å²) in [5, 5.41) is 0. The Bertz CT molecular complexity index is 143. The summed E-state index contributed by atoms with van der Waals surface area (Å²) in [6.45, 7) is 3.02. The van der Waals surface area contributed by atoms with Crippen LogP contribution in [0.15, 0.2) is 12.2 Å². The van der Waals surface area contributed by atoms with Gasteiger partial charge in [-0.25, -0.2) is 0 Å². The van der Waals surface area contributed by atoms with Crippen LogP contribution in [0.4, 0.5) is 0 Å². The topological polar surface area (TPSA) is 26.0 Å². The van der Waals surface area contributed by atoms with E-state index >= 15 is 0 Å². The van der Waals surface area contributed by atoms with Gasteiger partial charge in [0, 0.05) is 12.0 Å². The van der Waals surface area contributed by atoms with Crippen LogP contribution in [-0.4, -0.2) is 6.54 Å². The Morgan fingerprint density at radius 3 is 2.42 bits per heavy atom. The van der Waals surface area contributed by atoms with Gasteiger partial charge in [-0.3, -0.25) is 0 Å². The van der Waals surface area contributed by atoms with Crippen LogP contribution in [-0.2, 0) is 0 Å². The first kappa shape index (κ1) is 9.79. The van der Waals surface area contributed by atoms with Crippen molar-refractivity contribution in [3.63, 3.8) is 0 Å². The molecule has 1 aliphatic carbocycles. The van der Waals surface area contributed by atoms with Gasteiger partial charge in [0.2, 0.25) is 0 Å². The van der Waals surface area contributed by atoms with E-state index in [4.69, 9.17) is 5.73 Å². The van der Waals surface area contributed by atoms with Gasteiger partial charge in [-0.15, -0.1) is 0 Å². The summed E-state index contributed by atoms with van der Waals surface area (Å²) in [6, 6.07) is 0. The SMILES string of the molecule is CC/C=C/C1(CN)CCCCC1. The number of hydrogen-bond donors (Lipinski definition) is 1. The molecule has 0 heterocycles. The van der Waals surface area contributed by atoms with Crippen molar-refractivity contribution in [2.75, 3.05) is 6.54 Å². The maximum Gasteiger partial charge on any atom is 0.00142 e. The smallest absolute Gasteiger partial charge is 0.00142 e. The first-order valence-corrected chi connectivity index (χ1v) is 5.21. The minimum atomic E-state index is 0.369. The largest absolute Gasteiger partial charge is 0.330 e. The molecule has 0 aromatic rings. The molecular weight excluding hydrogens is 146 g/mol. The lowest BCUT2D eigenvalue weighted by Gasteiger charge is -2.33. The molecule has 0 radical (unpaired) electrons. The molecule has 0 bridgehead atoms. The third-order valence-corrected chi connectivity index (χ3v) is 2.96. The van der Waals surface area contributed by atoms with Crippen molar-refractivity contribution < 1.29 is 0 Å². The van der Waals surface area contributed by atoms with Gasteiger partial charge in [-0.2, -0.15) is 0 Å². The van der Waals surface area contributed by atoms with E-state index in [1.807, 2.05) is 0 Å². The minimum absolute atomic E-state index is 0.369. The lowest BCUT2D eigenvalue weighted by atomic mass is 9.74. The molecule has 1 aliphatic rings. The van der Waals surface area contributed by atoms with E-state index in [9.17, 15) is 0 Å². The maximum atomic E-state index is 5.83. The van der Waals surface area contributed by atoms with Crippen molar-refractivity contribution in [2.24, 2.45) is 11.1 Å². The molecule has 0 amide bonds. The Kier molecular flexibility index (Phi) is 3.80. The van der Waals surface area contributed by atoms with E-state index < -0.39 is 0 Å². The maximum absolute atomic E-state index is 5.83. The highest BCUT2D eigenvalue weighted by molar-refractivity contribution is 5.01. The average molecular weight is 167 g/mol. The monoisotopic (exact) mass is 167 g/mol. The lowest BCUT2D eigenvalue weighted by molar-refractivity contribution is 0.266. The van der Waals surface area contributed by atoms with E-state index in [1.54, 1.807) is 0 Å². The normalized spacial score (nSPS) is 23.2. The molecule has 1 nitrogen and oxygen atoms in total. The summed E-state index contributed by atoms with van der Waals surface area (Å²) in [5.41, 5.74) is 6.20. The molecule has 12 heavy (non-hydrogen) atoms. The van der Waals surface area contributed by atoms with Crippen LogP contribution in [0.25, 0.3) is 0 Å². The summed E-state index contributed by atoms with van der Waals surface area (Å²) in [7, 11) is 0. The van der Waals surface area contributed by atoms with Gasteiger partial charge in [0.05, 0.1) is 0 Å². The van der Waals surface area contributed by atoms with Crippen LogP contribution in [0, 0.1) is 5.41 Å². The van der Waals surface area contributed by atoms with Crippen molar-refractivity contribution in [3.05, 3.63) is 12.2 Å². The van der Waals surface area contributed by atoms with Gasteiger partial charge in [0.15, 0.2) is 0 Å². The second kappa shape index (κ2) is 4.66. The van der Waals surface area contributed by atoms with Gasteiger partial charge in [0.25, 0.3) is 0 Å². The molecule has 1 rings (SSSR count). The molecular formula is C11H21N. The molecule has 2 N–H and O–H groups in total. The van der Waals surface area contributed by atoms with Crippen molar-refractivity contribution in [2.45, 2.75) is 45.4 Å². The molecule has 1 saturated carbocycles. The van der Waals surface area contributed by atoms with Crippen molar-refractivity contribution in [3.8, 4) is 0 Å². The fourth-order valence-electron chi connectivity index (χ4n) is 2.06. The molecule has 0 saturated heterocycles. The molecule has 0 aromatic heterocycles. The molecule has 70 valence electrons. The van der Waals surface area contributed by atoms with Crippen LogP contribution in [0.2, 0.25) is 0 Å². The molecule has 0 atom stereocenters. The van der Waals surface area contributed by atoms with Gasteiger partial charge in [-0.05, 0) is 19.3 Å². The van der Waals surface area contributed by atoms with E-state index in [1.165, 1.54) is 32.1 Å². The zero-order chi connectivity index (χ0) is 8.86. The van der Waals surface area contributed by atoms with Crippen molar-refractivity contribution >= 4 is 0 Å². The molecule has 0 aromatic carbocycles. The number of rotatable bonds is 3. The average Bonchev–Trinajstić information content (AvgIpc) is 2.16. The fraction of sp³-hybridized carbons (Fsp3) is 0.818. The highest BCUT2D eigenvalue weighted by Crippen LogP contribution is 2.36. The van der Waals surface area contributed by atoms with Crippen LogP contribution in [0.1, 0.15) is 45.4 Å². The van der Waals surface area contributed by atoms with Crippen LogP contribution in [0.5, 0.6) is 0 Å². The minimum Gasteiger partial charge on any atom is -0.330 e. The third kappa shape index (κ3) is 2.34. The molecule has 0 spiro atoms. The predicted octanol–water partition coefficient (Wildman–Crippen LogP) is 2.86. The van der Waals surface area contributed by atoms with Crippen LogP contribution in [0.3, 0.4) is 0 Å². The van der Waals surface area contributed by atoms with E-state index in [2.05, 4.69) is 19.1 Å². The highest BCUT2D eigenvalue weighted by atomic mass is 14.6. The Hall–Kier alpha value is -0.300. The van der Waals surface area contributed by atoms with Crippen LogP contribution < -0.4 is 5.73 Å². The molecule has 0 unspecified atom stereocenters. The first-order valence-electron chi connectivity index (χ1n) is 5.21. The summed E-state index contributed by atoms with van der Waals surface area (Å²) in [5.74, 6) is 0. The summed E-state index contributed by atoms with van der Waals surface area (Å²) in [6.07, 6.45) is 12.5. The van der Waals surface area contributed by atoms with Crippen molar-refractivity contribution in [1.82, 2.24) is 0 Å². The van der Waals surface area contributed by atoms with Crippen LogP contribution >= 0.6 is 0 Å². The van der Waals surface area contributed by atoms with E-state index in [0.29, 0.717) is 5.41 Å². The molecule has 1 fully saturated rings. The van der Waals surface area contributed by atoms with E-state index in [-0.39, 0.29) is 0 Å². The molecule has 0 aliphatic heterocycles. The second-order valence-electron chi connectivity index (χ2n) is 3.94. The Morgan fingerprint density at radius 2 is 1.92 bits per heavy atom. The zero-order valence-corrected chi connectivity index (χ0v) is 8.18. The third-order valence-electron chi connectivity index (χ3n) is 2.96. The molecule has 1 heteroatoms. The lowest BCUT2D eigenvalue weighted by Crippen LogP contribution is -2.30. The van der Waals surface area contributed by atoms with Crippen molar-refractivity contribution in [1.29, 1.82) is 0 Å². The highest BCUT2D eigenvalue weighted by Gasteiger charge is 2.27. The van der Waals surface area contributed by atoms with E-state index in [0.717, 1.165) is 13.0 Å². The summed E-state index contributed by atoms with van der Waals surface area (Å²) >= 11 is 0. The summed E-state index contributed by atoms with van der Waals surface area (Å²) < 4.78 is 0. The quantitative estimate of drug-likeness (QED) is 0.643. The second-order valence-corrected chi connectivity index (χ2v) is 3.94. The standard InChI is InChI=1S/C11H21N/c1-2-3-7-11(10-12)8-5-4-6-9-11/h3,7H,2,4-6,8-10,12H2,1H3/b7-3+. The summed E-state index contributed by atoms with van der Waals surface area (Å²) in [4.78, 5) is 0. The fourth-order valence-corrected chi connectivity index (χ4v) is 2.06. The Labute approximate surface area is 76.0 Å². The Balaban J connectivity index is 2.53. The van der Waals surface area contributed by atoms with Gasteiger partial charge in [0.1, 0.15) is 0 Å². The zero-order valence-electron chi connectivity index (χ0n) is 8.18. The Morgan fingerprint density at radius 1 is 1.25 bits per heavy atom. The first-order chi connectivity index (χ1) is 5.83. The number of allylic oxidation sites excluding steroid dienone is 1. The van der Waals surface area contributed by atoms with Gasteiger partial charge >= 0.3 is 0 Å².